The summed E-state index contributed by atoms with van der Waals surface area (Å²) in [5.41, 5.74) is 0.802. The number of ether oxygens (including phenoxy) is 1. The number of ketones is 1. The van der Waals surface area contributed by atoms with Crippen LogP contribution in [0.3, 0.4) is 0 Å². The minimum Gasteiger partial charge on any atom is -0.466 e. The van der Waals surface area contributed by atoms with Crippen molar-refractivity contribution in [2.24, 2.45) is 0 Å². The van der Waals surface area contributed by atoms with Crippen LogP contribution >= 0.6 is 0 Å². The van der Waals surface area contributed by atoms with Gasteiger partial charge in [-0.05, 0) is 31.2 Å². The molecule has 3 rings (SSSR count). The van der Waals surface area contributed by atoms with Crippen molar-refractivity contribution in [1.82, 2.24) is 14.5 Å². The second-order valence-electron chi connectivity index (χ2n) is 5.61. The summed E-state index contributed by atoms with van der Waals surface area (Å²) in [6.07, 6.45) is 2.79. The Bertz CT molecular complexity index is 1010. The van der Waals surface area contributed by atoms with E-state index in [1.165, 1.54) is 4.57 Å². The molecular weight excluding hydrogens is 334 g/mol. The van der Waals surface area contributed by atoms with Crippen LogP contribution in [0.5, 0.6) is 0 Å². The highest BCUT2D eigenvalue weighted by molar-refractivity contribution is 5.95. The molecule has 0 aliphatic carbocycles. The number of pyridine rings is 1. The van der Waals surface area contributed by atoms with Crippen LogP contribution in [0.1, 0.15) is 13.3 Å². The average Bonchev–Trinajstić information content (AvgIpc) is 2.65. The number of rotatable bonds is 6. The Morgan fingerprint density at radius 1 is 1.15 bits per heavy atom. The molecule has 3 aromatic rings. The number of aromatic nitrogens is 3. The van der Waals surface area contributed by atoms with Crippen molar-refractivity contribution in [3.05, 3.63) is 59.1 Å². The van der Waals surface area contributed by atoms with Gasteiger partial charge in [0, 0.05) is 18.0 Å². The fourth-order valence-corrected chi connectivity index (χ4v) is 2.64. The van der Waals surface area contributed by atoms with Crippen molar-refractivity contribution in [3.63, 3.8) is 0 Å². The quantitative estimate of drug-likeness (QED) is 0.498. The fourth-order valence-electron chi connectivity index (χ4n) is 2.64. The van der Waals surface area contributed by atoms with Gasteiger partial charge in [0.25, 0.3) is 5.56 Å². The molecule has 0 radical (unpaired) electrons. The highest BCUT2D eigenvalue weighted by Crippen LogP contribution is 2.18. The first-order valence-corrected chi connectivity index (χ1v) is 8.17. The van der Waals surface area contributed by atoms with Crippen LogP contribution in [0.25, 0.3) is 22.3 Å². The number of fused-ring (bicyclic) bond motifs is 1. The summed E-state index contributed by atoms with van der Waals surface area (Å²) in [6.45, 7) is 1.60. The van der Waals surface area contributed by atoms with Gasteiger partial charge in [-0.1, -0.05) is 12.1 Å². The maximum absolute atomic E-state index is 12.9. The van der Waals surface area contributed by atoms with Crippen molar-refractivity contribution in [2.45, 2.75) is 19.9 Å². The Labute approximate surface area is 149 Å². The van der Waals surface area contributed by atoms with E-state index in [2.05, 4.69) is 9.97 Å². The van der Waals surface area contributed by atoms with Crippen LogP contribution in [-0.4, -0.2) is 32.9 Å². The summed E-state index contributed by atoms with van der Waals surface area (Å²) >= 11 is 0. The molecule has 2 aromatic heterocycles. The van der Waals surface area contributed by atoms with Gasteiger partial charge in [0.2, 0.25) is 0 Å². The Morgan fingerprint density at radius 3 is 2.69 bits per heavy atom. The zero-order valence-electron chi connectivity index (χ0n) is 14.2. The van der Waals surface area contributed by atoms with E-state index < -0.39 is 11.8 Å². The average molecular weight is 351 g/mol. The molecule has 0 saturated carbocycles. The molecule has 0 spiro atoms. The SMILES string of the molecule is CCOC(=O)CC(=O)Cn1c(-c2cccnc2)nc2ccccc2c1=O. The van der Waals surface area contributed by atoms with Crippen LogP contribution in [0, 0.1) is 0 Å². The van der Waals surface area contributed by atoms with Gasteiger partial charge in [0.05, 0.1) is 24.1 Å². The predicted molar refractivity (Wildman–Crippen MR) is 95.5 cm³/mol. The molecule has 0 atom stereocenters. The molecule has 0 unspecified atom stereocenters. The number of nitrogens with zero attached hydrogens (tertiary/aromatic N) is 3. The highest BCUT2D eigenvalue weighted by Gasteiger charge is 2.17. The number of Topliss-reactive ketones (excluding diaryl/α,β-unsaturated/α-hetero) is 1. The Kier molecular flexibility index (Phi) is 5.17. The molecular formula is C19H17N3O4. The summed E-state index contributed by atoms with van der Waals surface area (Å²) in [4.78, 5) is 45.3. The molecule has 2 heterocycles. The van der Waals surface area contributed by atoms with Crippen molar-refractivity contribution in [3.8, 4) is 11.4 Å². The van der Waals surface area contributed by atoms with Gasteiger partial charge in [-0.2, -0.15) is 0 Å². The van der Waals surface area contributed by atoms with Gasteiger partial charge in [-0.3, -0.25) is 23.9 Å². The molecule has 132 valence electrons. The Hall–Kier alpha value is -3.35. The molecule has 0 saturated heterocycles. The smallest absolute Gasteiger partial charge is 0.313 e. The number of carbonyl (C=O) groups is 2. The van der Waals surface area contributed by atoms with Gasteiger partial charge >= 0.3 is 5.97 Å². The van der Waals surface area contributed by atoms with Gasteiger partial charge < -0.3 is 4.74 Å². The first-order chi connectivity index (χ1) is 12.6. The number of benzene rings is 1. The molecule has 0 amide bonds. The van der Waals surface area contributed by atoms with Crippen molar-refractivity contribution >= 4 is 22.7 Å². The van der Waals surface area contributed by atoms with E-state index >= 15 is 0 Å². The van der Waals surface area contributed by atoms with Crippen LogP contribution in [0.15, 0.2) is 53.6 Å². The second kappa shape index (κ2) is 7.69. The Morgan fingerprint density at radius 2 is 1.96 bits per heavy atom. The Balaban J connectivity index is 2.07. The summed E-state index contributed by atoms with van der Waals surface area (Å²) < 4.78 is 6.07. The van der Waals surface area contributed by atoms with Crippen molar-refractivity contribution < 1.29 is 14.3 Å². The maximum atomic E-state index is 12.9. The van der Waals surface area contributed by atoms with E-state index in [1.54, 1.807) is 55.7 Å². The lowest BCUT2D eigenvalue weighted by Gasteiger charge is -2.13. The topological polar surface area (TPSA) is 91.2 Å². The minimum absolute atomic E-state index is 0.199. The lowest BCUT2D eigenvalue weighted by Crippen LogP contribution is -2.28. The molecule has 1 aromatic carbocycles. The fraction of sp³-hybridized carbons (Fsp3) is 0.211. The molecule has 0 fully saturated rings. The number of carbonyl (C=O) groups excluding carboxylic acids is 2. The van der Waals surface area contributed by atoms with Crippen LogP contribution in [0.2, 0.25) is 0 Å². The largest absolute Gasteiger partial charge is 0.466 e. The molecule has 0 bridgehead atoms. The van der Waals surface area contributed by atoms with Gasteiger partial charge in [0.15, 0.2) is 5.78 Å². The number of para-hydroxylation sites is 1. The van der Waals surface area contributed by atoms with Gasteiger partial charge in [-0.25, -0.2) is 4.98 Å². The van der Waals surface area contributed by atoms with E-state index in [1.807, 2.05) is 0 Å². The normalized spacial score (nSPS) is 10.7. The molecule has 26 heavy (non-hydrogen) atoms. The van der Waals surface area contributed by atoms with Crippen molar-refractivity contribution in [2.75, 3.05) is 6.61 Å². The van der Waals surface area contributed by atoms with E-state index in [-0.39, 0.29) is 25.1 Å². The summed E-state index contributed by atoms with van der Waals surface area (Å²) in [5, 5.41) is 0.407. The molecule has 7 nitrogen and oxygen atoms in total. The third-order valence-corrected chi connectivity index (χ3v) is 3.76. The number of hydrogen-bond acceptors (Lipinski definition) is 6. The number of esters is 1. The monoisotopic (exact) mass is 351 g/mol. The zero-order valence-corrected chi connectivity index (χ0v) is 14.2. The lowest BCUT2D eigenvalue weighted by molar-refractivity contribution is -0.145. The predicted octanol–water partition coefficient (Wildman–Crippen LogP) is 1.98. The van der Waals surface area contributed by atoms with Crippen LogP contribution in [-0.2, 0) is 20.9 Å². The van der Waals surface area contributed by atoms with Crippen LogP contribution in [0.4, 0.5) is 0 Å². The van der Waals surface area contributed by atoms with Gasteiger partial charge in [0.1, 0.15) is 12.2 Å². The van der Waals surface area contributed by atoms with E-state index in [0.29, 0.717) is 22.3 Å². The number of hydrogen-bond donors (Lipinski definition) is 0. The standard InChI is InChI=1S/C19H17N3O4/c1-2-26-17(24)10-14(23)12-22-18(13-6-5-9-20-11-13)21-16-8-4-3-7-15(16)19(22)25/h3-9,11H,2,10,12H2,1H3. The highest BCUT2D eigenvalue weighted by atomic mass is 16.5. The molecule has 7 heteroatoms. The summed E-state index contributed by atoms with van der Waals surface area (Å²) in [7, 11) is 0. The maximum Gasteiger partial charge on any atom is 0.313 e. The first-order valence-electron chi connectivity index (χ1n) is 8.17. The van der Waals surface area contributed by atoms with E-state index in [0.717, 1.165) is 0 Å². The second-order valence-corrected chi connectivity index (χ2v) is 5.61. The van der Waals surface area contributed by atoms with E-state index in [9.17, 15) is 14.4 Å². The minimum atomic E-state index is -0.609. The van der Waals surface area contributed by atoms with Crippen LogP contribution < -0.4 is 5.56 Å². The zero-order chi connectivity index (χ0) is 18.5. The molecule has 0 aliphatic heterocycles. The first kappa shape index (κ1) is 17.5. The van der Waals surface area contributed by atoms with E-state index in [4.69, 9.17) is 4.74 Å². The van der Waals surface area contributed by atoms with Gasteiger partial charge in [-0.15, -0.1) is 0 Å². The molecule has 0 aliphatic rings. The lowest BCUT2D eigenvalue weighted by atomic mass is 10.2. The summed E-state index contributed by atoms with van der Waals surface area (Å²) in [5.74, 6) is -0.700. The molecule has 0 N–H and O–H groups in total. The van der Waals surface area contributed by atoms with Crippen molar-refractivity contribution in [1.29, 1.82) is 0 Å². The third kappa shape index (κ3) is 3.66. The third-order valence-electron chi connectivity index (χ3n) is 3.76. The summed E-state index contributed by atoms with van der Waals surface area (Å²) in [6, 6.07) is 10.4.